The summed E-state index contributed by atoms with van der Waals surface area (Å²) < 4.78 is 2.73. The monoisotopic (exact) mass is 348 g/mol. The minimum absolute atomic E-state index is 0.0532. The van der Waals surface area contributed by atoms with Gasteiger partial charge in [-0.3, -0.25) is 10.1 Å². The maximum atomic E-state index is 10.8. The van der Waals surface area contributed by atoms with Gasteiger partial charge in [-0.2, -0.15) is 5.10 Å². The van der Waals surface area contributed by atoms with Crippen molar-refractivity contribution < 1.29 is 4.92 Å². The fraction of sp³-hybridized carbons (Fsp3) is 0. The molecule has 0 aliphatic heterocycles. The molecule has 0 N–H and O–H groups in total. The Morgan fingerprint density at radius 2 is 1.96 bits per heavy atom. The third kappa shape index (κ3) is 3.17. The molecule has 0 atom stereocenters. The van der Waals surface area contributed by atoms with Crippen LogP contribution in [-0.4, -0.2) is 19.7 Å². The van der Waals surface area contributed by atoms with E-state index in [0.29, 0.717) is 5.52 Å². The van der Waals surface area contributed by atoms with Crippen LogP contribution in [-0.2, 0) is 0 Å². The molecule has 0 fully saturated rings. The van der Waals surface area contributed by atoms with Crippen molar-refractivity contribution >= 4 is 39.4 Å². The number of aromatic nitrogens is 3. The Morgan fingerprint density at radius 1 is 1.12 bits per heavy atom. The Kier molecular flexibility index (Phi) is 3.83. The molecule has 0 radical (unpaired) electrons. The first-order valence-corrected chi connectivity index (χ1v) is 8.34. The number of nitrogens with zero attached hydrogens (tertiary/aromatic N) is 4. The summed E-state index contributed by atoms with van der Waals surface area (Å²) in [6.45, 7) is 0. The molecule has 2 aromatic heterocycles. The maximum absolute atomic E-state index is 10.8. The molecule has 4 aromatic rings. The topological polar surface area (TPSA) is 73.8 Å². The van der Waals surface area contributed by atoms with Gasteiger partial charge in [-0.05, 0) is 30.4 Å². The van der Waals surface area contributed by atoms with E-state index in [4.69, 9.17) is 0 Å². The van der Waals surface area contributed by atoms with Crippen molar-refractivity contribution in [3.63, 3.8) is 0 Å². The molecule has 0 spiro atoms. The van der Waals surface area contributed by atoms with Crippen molar-refractivity contribution in [1.82, 2.24) is 14.8 Å². The van der Waals surface area contributed by atoms with Gasteiger partial charge in [-0.1, -0.05) is 18.2 Å². The minimum atomic E-state index is -0.410. The highest BCUT2D eigenvalue weighted by atomic mass is 32.1. The number of hydrogen-bond donors (Lipinski definition) is 0. The van der Waals surface area contributed by atoms with E-state index in [1.807, 2.05) is 48.7 Å². The van der Waals surface area contributed by atoms with E-state index in [2.05, 4.69) is 10.1 Å². The van der Waals surface area contributed by atoms with E-state index in [9.17, 15) is 10.1 Å². The lowest BCUT2D eigenvalue weighted by Crippen LogP contribution is -1.92. The predicted octanol–water partition coefficient (Wildman–Crippen LogP) is 4.56. The molecule has 4 rings (SSSR count). The van der Waals surface area contributed by atoms with E-state index in [1.54, 1.807) is 16.9 Å². The Morgan fingerprint density at radius 3 is 2.76 bits per heavy atom. The Bertz CT molecular complexity index is 1080. The molecular weight excluding hydrogens is 336 g/mol. The third-order valence-electron chi connectivity index (χ3n) is 3.64. The summed E-state index contributed by atoms with van der Waals surface area (Å²) in [5.41, 5.74) is 2.64. The summed E-state index contributed by atoms with van der Waals surface area (Å²) in [6, 6.07) is 14.6. The molecule has 0 bridgehead atoms. The molecule has 2 aromatic carbocycles. The molecule has 25 heavy (non-hydrogen) atoms. The van der Waals surface area contributed by atoms with Crippen LogP contribution in [0.3, 0.4) is 0 Å². The molecular formula is C18H12N4O2S. The van der Waals surface area contributed by atoms with E-state index in [-0.39, 0.29) is 5.69 Å². The Labute approximate surface area is 146 Å². The summed E-state index contributed by atoms with van der Waals surface area (Å²) in [5, 5.41) is 16.0. The number of nitro groups is 1. The van der Waals surface area contributed by atoms with Gasteiger partial charge in [0.05, 0.1) is 27.0 Å². The van der Waals surface area contributed by atoms with Crippen molar-refractivity contribution in [2.45, 2.75) is 0 Å². The van der Waals surface area contributed by atoms with Crippen molar-refractivity contribution in [2.24, 2.45) is 0 Å². The molecule has 0 saturated heterocycles. The quantitative estimate of drug-likeness (QED) is 0.400. The molecule has 7 heteroatoms. The van der Waals surface area contributed by atoms with Crippen LogP contribution in [0.5, 0.6) is 0 Å². The van der Waals surface area contributed by atoms with Crippen molar-refractivity contribution in [1.29, 1.82) is 0 Å². The number of rotatable bonds is 4. The first kappa shape index (κ1) is 15.2. The highest BCUT2D eigenvalue weighted by Gasteiger charge is 2.09. The van der Waals surface area contributed by atoms with Crippen LogP contribution in [0, 0.1) is 10.1 Å². The maximum Gasteiger partial charge on any atom is 0.271 e. The average Bonchev–Trinajstić information content (AvgIpc) is 3.26. The predicted molar refractivity (Wildman–Crippen MR) is 98.8 cm³/mol. The van der Waals surface area contributed by atoms with Gasteiger partial charge in [-0.15, -0.1) is 11.3 Å². The van der Waals surface area contributed by atoms with Gasteiger partial charge in [-0.25, -0.2) is 9.67 Å². The molecule has 2 heterocycles. The van der Waals surface area contributed by atoms with Crippen molar-refractivity contribution in [3.8, 4) is 5.69 Å². The van der Waals surface area contributed by atoms with Crippen LogP contribution < -0.4 is 0 Å². The highest BCUT2D eigenvalue weighted by molar-refractivity contribution is 7.19. The van der Waals surface area contributed by atoms with Gasteiger partial charge in [0.25, 0.3) is 5.69 Å². The third-order valence-corrected chi connectivity index (χ3v) is 4.64. The number of hydrogen-bond acceptors (Lipinski definition) is 5. The van der Waals surface area contributed by atoms with Crippen LogP contribution in [0.25, 0.3) is 28.1 Å². The van der Waals surface area contributed by atoms with Crippen LogP contribution in [0.15, 0.2) is 60.9 Å². The number of para-hydroxylation sites is 1. The summed E-state index contributed by atoms with van der Waals surface area (Å²) >= 11 is 1.49. The van der Waals surface area contributed by atoms with Gasteiger partial charge in [0.1, 0.15) is 5.01 Å². The number of thiazole rings is 1. The zero-order chi connectivity index (χ0) is 17.2. The van der Waals surface area contributed by atoms with Crippen LogP contribution >= 0.6 is 11.3 Å². The number of fused-ring (bicyclic) bond motifs is 1. The smallest absolute Gasteiger partial charge is 0.258 e. The van der Waals surface area contributed by atoms with Crippen molar-refractivity contribution in [2.75, 3.05) is 0 Å². The lowest BCUT2D eigenvalue weighted by molar-refractivity contribution is -0.384. The Hall–Kier alpha value is -3.32. The summed E-state index contributed by atoms with van der Waals surface area (Å²) in [5.74, 6) is 0. The lowest BCUT2D eigenvalue weighted by atomic mass is 10.3. The highest BCUT2D eigenvalue weighted by Crippen LogP contribution is 2.27. The SMILES string of the molecule is O=[N+]([O-])c1ccc2sc(C=Cc3cnn(-c4ccccc4)c3)nc2c1. The molecule has 122 valence electrons. The standard InChI is InChI=1S/C18H12N4O2S/c23-22(24)15-7-8-17-16(10-15)20-18(25-17)9-6-13-11-19-21(12-13)14-4-2-1-3-5-14/h1-12H. The van der Waals surface area contributed by atoms with E-state index >= 15 is 0 Å². The first-order chi connectivity index (χ1) is 12.2. The van der Waals surface area contributed by atoms with E-state index < -0.39 is 4.92 Å². The molecule has 0 aliphatic carbocycles. The number of nitro benzene ring substituents is 1. The van der Waals surface area contributed by atoms with Crippen molar-refractivity contribution in [3.05, 3.63) is 81.6 Å². The number of benzene rings is 2. The van der Waals surface area contributed by atoms with Crippen LogP contribution in [0.1, 0.15) is 10.6 Å². The van der Waals surface area contributed by atoms with E-state index in [0.717, 1.165) is 21.0 Å². The molecule has 0 unspecified atom stereocenters. The lowest BCUT2D eigenvalue weighted by Gasteiger charge is -1.98. The van der Waals surface area contributed by atoms with Gasteiger partial charge >= 0.3 is 0 Å². The van der Waals surface area contributed by atoms with Gasteiger partial charge in [0.2, 0.25) is 0 Å². The minimum Gasteiger partial charge on any atom is -0.258 e. The molecule has 0 amide bonds. The van der Waals surface area contributed by atoms with Gasteiger partial charge in [0, 0.05) is 23.9 Å². The summed E-state index contributed by atoms with van der Waals surface area (Å²) in [7, 11) is 0. The second kappa shape index (κ2) is 6.29. The molecule has 0 aliphatic rings. The fourth-order valence-corrected chi connectivity index (χ4v) is 3.28. The van der Waals surface area contributed by atoms with E-state index in [1.165, 1.54) is 23.5 Å². The van der Waals surface area contributed by atoms with Gasteiger partial charge < -0.3 is 0 Å². The summed E-state index contributed by atoms with van der Waals surface area (Å²) in [6.07, 6.45) is 7.53. The van der Waals surface area contributed by atoms with Crippen LogP contribution in [0.4, 0.5) is 5.69 Å². The normalized spacial score (nSPS) is 11.4. The van der Waals surface area contributed by atoms with Gasteiger partial charge in [0.15, 0.2) is 0 Å². The Balaban J connectivity index is 1.58. The zero-order valence-electron chi connectivity index (χ0n) is 12.9. The first-order valence-electron chi connectivity index (χ1n) is 7.52. The second-order valence-electron chi connectivity index (χ2n) is 5.35. The average molecular weight is 348 g/mol. The summed E-state index contributed by atoms with van der Waals surface area (Å²) in [4.78, 5) is 14.9. The van der Waals surface area contributed by atoms with Crippen LogP contribution in [0.2, 0.25) is 0 Å². The molecule has 0 saturated carbocycles. The number of non-ortho nitro benzene ring substituents is 1. The zero-order valence-corrected chi connectivity index (χ0v) is 13.8. The fourth-order valence-electron chi connectivity index (χ4n) is 2.43. The molecule has 6 nitrogen and oxygen atoms in total. The second-order valence-corrected chi connectivity index (χ2v) is 6.41. The largest absolute Gasteiger partial charge is 0.271 e.